The molecule has 0 fully saturated rings. The molecule has 3 aromatic rings. The number of anilines is 2. The van der Waals surface area contributed by atoms with Gasteiger partial charge in [-0.1, -0.05) is 30.0 Å². The van der Waals surface area contributed by atoms with Gasteiger partial charge in [-0.3, -0.25) is 9.52 Å². The lowest BCUT2D eigenvalue weighted by Gasteiger charge is -2.22. The molecule has 1 atom stereocenters. The number of carbonyl (C=O) groups is 1. The van der Waals surface area contributed by atoms with Crippen LogP contribution in [-0.4, -0.2) is 42.1 Å². The standard InChI is InChI=1S/C21H22N4O4S2/c1-3-31(27,28)24-17-10-8-15(9-11-17)20-22-23-21(29-20)30-13-19(26)25-14(2)12-16-6-4-5-7-18(16)25/h4-11,14,24H,3,12-13H2,1-2H3. The molecule has 1 aromatic heterocycles. The average molecular weight is 459 g/mol. The van der Waals surface area contributed by atoms with E-state index in [1.54, 1.807) is 31.2 Å². The van der Waals surface area contributed by atoms with Crippen molar-refractivity contribution < 1.29 is 17.6 Å². The Morgan fingerprint density at radius 2 is 1.94 bits per heavy atom. The van der Waals surface area contributed by atoms with Crippen molar-refractivity contribution in [3.63, 3.8) is 0 Å². The van der Waals surface area contributed by atoms with Gasteiger partial charge in [0.2, 0.25) is 21.8 Å². The molecule has 0 saturated carbocycles. The van der Waals surface area contributed by atoms with Crippen LogP contribution in [0.5, 0.6) is 0 Å². The van der Waals surface area contributed by atoms with Gasteiger partial charge in [0.15, 0.2) is 0 Å². The summed E-state index contributed by atoms with van der Waals surface area (Å²) >= 11 is 1.20. The summed E-state index contributed by atoms with van der Waals surface area (Å²) in [5, 5.41) is 8.35. The van der Waals surface area contributed by atoms with E-state index < -0.39 is 10.0 Å². The first-order valence-electron chi connectivity index (χ1n) is 9.83. The fourth-order valence-electron chi connectivity index (χ4n) is 3.46. The second-order valence-corrected chi connectivity index (χ2v) is 10.1. The monoisotopic (exact) mass is 458 g/mol. The van der Waals surface area contributed by atoms with Gasteiger partial charge < -0.3 is 9.32 Å². The van der Waals surface area contributed by atoms with E-state index in [9.17, 15) is 13.2 Å². The number of carbonyl (C=O) groups excluding carboxylic acids is 1. The van der Waals surface area contributed by atoms with Crippen molar-refractivity contribution in [3.05, 3.63) is 54.1 Å². The number of amides is 1. The molecule has 1 amide bonds. The summed E-state index contributed by atoms with van der Waals surface area (Å²) in [5.41, 5.74) is 3.27. The number of nitrogens with zero attached hydrogens (tertiary/aromatic N) is 3. The fraction of sp³-hybridized carbons (Fsp3) is 0.286. The van der Waals surface area contributed by atoms with Crippen molar-refractivity contribution in [1.82, 2.24) is 10.2 Å². The first-order valence-corrected chi connectivity index (χ1v) is 12.5. The SMILES string of the molecule is CCS(=O)(=O)Nc1ccc(-c2nnc(SCC(=O)N3c4ccccc4CC3C)o2)cc1. The number of thioether (sulfide) groups is 1. The molecule has 1 unspecified atom stereocenters. The molecule has 1 aliphatic rings. The third-order valence-corrected chi connectivity index (χ3v) is 7.10. The van der Waals surface area contributed by atoms with Crippen LogP contribution in [0.1, 0.15) is 19.4 Å². The predicted molar refractivity (Wildman–Crippen MR) is 121 cm³/mol. The van der Waals surface area contributed by atoms with Crippen molar-refractivity contribution in [1.29, 1.82) is 0 Å². The summed E-state index contributed by atoms with van der Waals surface area (Å²) in [6.45, 7) is 3.61. The number of rotatable bonds is 7. The Balaban J connectivity index is 1.39. The average Bonchev–Trinajstić information content (AvgIpc) is 3.36. The van der Waals surface area contributed by atoms with Crippen molar-refractivity contribution >= 4 is 39.1 Å². The van der Waals surface area contributed by atoms with Crippen LogP contribution in [0.4, 0.5) is 11.4 Å². The largest absolute Gasteiger partial charge is 0.411 e. The molecular formula is C21H22N4O4S2. The van der Waals surface area contributed by atoms with E-state index in [2.05, 4.69) is 21.0 Å². The Hall–Kier alpha value is -2.85. The minimum atomic E-state index is -3.33. The molecule has 0 bridgehead atoms. The summed E-state index contributed by atoms with van der Waals surface area (Å²) in [6.07, 6.45) is 0.849. The van der Waals surface area contributed by atoms with E-state index in [4.69, 9.17) is 4.42 Å². The number of para-hydroxylation sites is 1. The highest BCUT2D eigenvalue weighted by Gasteiger charge is 2.30. The highest BCUT2D eigenvalue weighted by atomic mass is 32.2. The Bertz CT molecular complexity index is 1190. The van der Waals surface area contributed by atoms with E-state index in [1.165, 1.54) is 17.3 Å². The number of benzene rings is 2. The lowest BCUT2D eigenvalue weighted by atomic mass is 10.1. The van der Waals surface area contributed by atoms with Crippen LogP contribution in [0.2, 0.25) is 0 Å². The summed E-state index contributed by atoms with van der Waals surface area (Å²) < 4.78 is 31.5. The maximum absolute atomic E-state index is 12.8. The van der Waals surface area contributed by atoms with Gasteiger partial charge in [-0.15, -0.1) is 10.2 Å². The van der Waals surface area contributed by atoms with Gasteiger partial charge in [0, 0.05) is 23.0 Å². The molecule has 31 heavy (non-hydrogen) atoms. The van der Waals surface area contributed by atoms with Gasteiger partial charge in [0.1, 0.15) is 0 Å². The fourth-order valence-corrected chi connectivity index (χ4v) is 4.72. The highest BCUT2D eigenvalue weighted by molar-refractivity contribution is 7.99. The number of fused-ring (bicyclic) bond motifs is 1. The lowest BCUT2D eigenvalue weighted by Crippen LogP contribution is -2.36. The Morgan fingerprint density at radius 1 is 1.19 bits per heavy atom. The van der Waals surface area contributed by atoms with Crippen LogP contribution in [0, 0.1) is 0 Å². The molecule has 0 radical (unpaired) electrons. The van der Waals surface area contributed by atoms with Gasteiger partial charge in [0.05, 0.1) is 11.5 Å². The van der Waals surface area contributed by atoms with Gasteiger partial charge >= 0.3 is 0 Å². The van der Waals surface area contributed by atoms with E-state index in [1.807, 2.05) is 30.0 Å². The van der Waals surface area contributed by atoms with Gasteiger partial charge in [-0.2, -0.15) is 0 Å². The molecule has 1 N–H and O–H groups in total. The first-order chi connectivity index (χ1) is 14.9. The predicted octanol–water partition coefficient (Wildman–Crippen LogP) is 3.57. The van der Waals surface area contributed by atoms with Gasteiger partial charge in [0.25, 0.3) is 5.22 Å². The third-order valence-electron chi connectivity index (χ3n) is 4.99. The Morgan fingerprint density at radius 3 is 2.68 bits per heavy atom. The zero-order valence-corrected chi connectivity index (χ0v) is 18.7. The molecule has 10 heteroatoms. The van der Waals surface area contributed by atoms with Crippen molar-refractivity contribution in [2.24, 2.45) is 0 Å². The molecule has 162 valence electrons. The second kappa shape index (κ2) is 8.72. The quantitative estimate of drug-likeness (QED) is 0.540. The molecule has 2 heterocycles. The summed E-state index contributed by atoms with van der Waals surface area (Å²) in [5.74, 6) is 0.492. The minimum absolute atomic E-state index is 0.000490. The first kappa shape index (κ1) is 21.4. The zero-order valence-electron chi connectivity index (χ0n) is 17.1. The molecule has 0 saturated heterocycles. The number of sulfonamides is 1. The van der Waals surface area contributed by atoms with Crippen molar-refractivity contribution in [3.8, 4) is 11.5 Å². The van der Waals surface area contributed by atoms with Crippen LogP contribution in [0.25, 0.3) is 11.5 Å². The van der Waals surface area contributed by atoms with E-state index in [0.29, 0.717) is 22.4 Å². The van der Waals surface area contributed by atoms with Crippen LogP contribution in [0.15, 0.2) is 58.2 Å². The van der Waals surface area contributed by atoms with Crippen molar-refractivity contribution in [2.45, 2.75) is 31.5 Å². The van der Waals surface area contributed by atoms with E-state index >= 15 is 0 Å². The number of hydrogen-bond donors (Lipinski definition) is 1. The third kappa shape index (κ3) is 4.75. The Kier molecular flexibility index (Phi) is 6.01. The summed E-state index contributed by atoms with van der Waals surface area (Å²) in [7, 11) is -3.33. The maximum Gasteiger partial charge on any atom is 0.277 e. The van der Waals surface area contributed by atoms with E-state index in [-0.39, 0.29) is 23.5 Å². The second-order valence-electron chi connectivity index (χ2n) is 7.19. The van der Waals surface area contributed by atoms with Crippen LogP contribution in [0.3, 0.4) is 0 Å². The molecule has 4 rings (SSSR count). The molecule has 2 aromatic carbocycles. The van der Waals surface area contributed by atoms with Gasteiger partial charge in [-0.05, 0) is 56.2 Å². The topological polar surface area (TPSA) is 105 Å². The highest BCUT2D eigenvalue weighted by Crippen LogP contribution is 2.33. The molecular weight excluding hydrogens is 436 g/mol. The Labute approximate surface area is 185 Å². The van der Waals surface area contributed by atoms with Gasteiger partial charge in [-0.25, -0.2) is 8.42 Å². The van der Waals surface area contributed by atoms with Crippen LogP contribution < -0.4 is 9.62 Å². The maximum atomic E-state index is 12.8. The summed E-state index contributed by atoms with van der Waals surface area (Å²) in [6, 6.07) is 14.7. The number of hydrogen-bond acceptors (Lipinski definition) is 7. The molecule has 8 nitrogen and oxygen atoms in total. The minimum Gasteiger partial charge on any atom is -0.411 e. The normalized spacial score (nSPS) is 15.7. The van der Waals surface area contributed by atoms with Crippen LogP contribution >= 0.6 is 11.8 Å². The molecule has 1 aliphatic heterocycles. The van der Waals surface area contributed by atoms with Crippen molar-refractivity contribution in [2.75, 3.05) is 21.1 Å². The number of aromatic nitrogens is 2. The molecule has 0 aliphatic carbocycles. The lowest BCUT2D eigenvalue weighted by molar-refractivity contribution is -0.116. The van der Waals surface area contributed by atoms with Crippen LogP contribution in [-0.2, 0) is 21.2 Å². The summed E-state index contributed by atoms with van der Waals surface area (Å²) in [4.78, 5) is 14.6. The zero-order chi connectivity index (χ0) is 22.0. The molecule has 0 spiro atoms. The smallest absolute Gasteiger partial charge is 0.277 e. The number of nitrogens with one attached hydrogen (secondary N) is 1. The van der Waals surface area contributed by atoms with E-state index in [0.717, 1.165) is 12.1 Å².